The van der Waals surface area contributed by atoms with Crippen LogP contribution in [0.4, 0.5) is 8.78 Å². The highest BCUT2D eigenvalue weighted by Crippen LogP contribution is 2.31. The first-order valence-corrected chi connectivity index (χ1v) is 4.49. The van der Waals surface area contributed by atoms with Gasteiger partial charge in [0.1, 0.15) is 6.10 Å². The van der Waals surface area contributed by atoms with Gasteiger partial charge < -0.3 is 5.11 Å². The Balaban J connectivity index is 2.99. The van der Waals surface area contributed by atoms with Crippen molar-refractivity contribution >= 4 is 5.78 Å². The lowest BCUT2D eigenvalue weighted by Gasteiger charge is -2.20. The zero-order valence-electron chi connectivity index (χ0n) is 8.50. The highest BCUT2D eigenvalue weighted by molar-refractivity contribution is 5.84. The van der Waals surface area contributed by atoms with E-state index in [4.69, 9.17) is 0 Å². The van der Waals surface area contributed by atoms with Gasteiger partial charge in [0.15, 0.2) is 0 Å². The zero-order chi connectivity index (χ0) is 11.6. The molecule has 0 heterocycles. The first-order valence-electron chi connectivity index (χ1n) is 4.49. The van der Waals surface area contributed by atoms with E-state index in [0.717, 1.165) is 12.5 Å². The SMILES string of the molecule is CC(=O)C(F)(F)[C@H](O)c1ccc(C)cc1. The molecule has 0 fully saturated rings. The molecule has 0 aliphatic heterocycles. The molecule has 1 rings (SSSR count). The van der Waals surface area contributed by atoms with Crippen LogP contribution in [0.1, 0.15) is 24.2 Å². The second-order valence-electron chi connectivity index (χ2n) is 3.49. The van der Waals surface area contributed by atoms with Crippen molar-refractivity contribution in [2.75, 3.05) is 0 Å². The van der Waals surface area contributed by atoms with Crippen LogP contribution in [0, 0.1) is 6.92 Å². The molecule has 15 heavy (non-hydrogen) atoms. The summed E-state index contributed by atoms with van der Waals surface area (Å²) < 4.78 is 26.3. The topological polar surface area (TPSA) is 37.3 Å². The largest absolute Gasteiger partial charge is 0.382 e. The van der Waals surface area contributed by atoms with Gasteiger partial charge in [-0.05, 0) is 12.5 Å². The van der Waals surface area contributed by atoms with Crippen molar-refractivity contribution < 1.29 is 18.7 Å². The van der Waals surface area contributed by atoms with Gasteiger partial charge in [0.05, 0.1) is 0 Å². The Bertz CT molecular complexity index is 357. The molecule has 1 N–H and O–H groups in total. The summed E-state index contributed by atoms with van der Waals surface area (Å²) in [5.74, 6) is -5.06. The Morgan fingerprint density at radius 3 is 2.20 bits per heavy atom. The van der Waals surface area contributed by atoms with E-state index in [-0.39, 0.29) is 5.56 Å². The molecule has 1 atom stereocenters. The minimum Gasteiger partial charge on any atom is -0.382 e. The smallest absolute Gasteiger partial charge is 0.334 e. The van der Waals surface area contributed by atoms with Crippen LogP contribution >= 0.6 is 0 Å². The Morgan fingerprint density at radius 1 is 1.33 bits per heavy atom. The van der Waals surface area contributed by atoms with Crippen molar-refractivity contribution in [2.45, 2.75) is 25.9 Å². The van der Waals surface area contributed by atoms with Gasteiger partial charge in [-0.1, -0.05) is 29.8 Å². The summed E-state index contributed by atoms with van der Waals surface area (Å²) in [6.07, 6.45) is -2.07. The van der Waals surface area contributed by atoms with Crippen LogP contribution in [-0.4, -0.2) is 16.8 Å². The standard InChI is InChI=1S/C11H12F2O2/c1-7-3-5-9(6-4-7)10(15)11(12,13)8(2)14/h3-6,10,15H,1-2H3/t10-/m1/s1. The van der Waals surface area contributed by atoms with E-state index in [1.807, 2.05) is 0 Å². The third kappa shape index (κ3) is 2.39. The van der Waals surface area contributed by atoms with Crippen LogP contribution in [0.5, 0.6) is 0 Å². The Hall–Kier alpha value is -1.29. The quantitative estimate of drug-likeness (QED) is 0.837. The summed E-state index contributed by atoms with van der Waals surface area (Å²) >= 11 is 0. The van der Waals surface area contributed by atoms with Gasteiger partial charge >= 0.3 is 5.92 Å². The number of aliphatic hydroxyl groups excluding tert-OH is 1. The van der Waals surface area contributed by atoms with Crippen LogP contribution in [0.15, 0.2) is 24.3 Å². The molecular formula is C11H12F2O2. The molecule has 0 aromatic heterocycles. The van der Waals surface area contributed by atoms with E-state index >= 15 is 0 Å². The lowest BCUT2D eigenvalue weighted by Crippen LogP contribution is -2.33. The third-order valence-electron chi connectivity index (χ3n) is 2.21. The summed E-state index contributed by atoms with van der Waals surface area (Å²) in [5, 5.41) is 9.34. The van der Waals surface area contributed by atoms with Crippen molar-refractivity contribution in [3.63, 3.8) is 0 Å². The second-order valence-corrected chi connectivity index (χ2v) is 3.49. The predicted octanol–water partition coefficient (Wildman–Crippen LogP) is 2.25. The number of aryl methyl sites for hydroxylation is 1. The van der Waals surface area contributed by atoms with Crippen molar-refractivity contribution in [2.24, 2.45) is 0 Å². The minimum atomic E-state index is -3.73. The molecule has 0 aliphatic rings. The van der Waals surface area contributed by atoms with Gasteiger partial charge in [-0.3, -0.25) is 4.79 Å². The Kier molecular flexibility index (Phi) is 3.19. The van der Waals surface area contributed by atoms with E-state index in [1.54, 1.807) is 19.1 Å². The molecule has 0 bridgehead atoms. The highest BCUT2D eigenvalue weighted by atomic mass is 19.3. The monoisotopic (exact) mass is 214 g/mol. The summed E-state index contributed by atoms with van der Waals surface area (Å²) in [6.45, 7) is 2.57. The zero-order valence-corrected chi connectivity index (χ0v) is 8.50. The molecule has 0 radical (unpaired) electrons. The highest BCUT2D eigenvalue weighted by Gasteiger charge is 2.44. The van der Waals surface area contributed by atoms with Gasteiger partial charge in [-0.2, -0.15) is 8.78 Å². The molecule has 0 spiro atoms. The normalized spacial score (nSPS) is 13.7. The number of alkyl halides is 2. The molecule has 4 heteroatoms. The Labute approximate surface area is 86.5 Å². The average molecular weight is 214 g/mol. The van der Waals surface area contributed by atoms with E-state index in [1.165, 1.54) is 12.1 Å². The summed E-state index contributed by atoms with van der Waals surface area (Å²) in [7, 11) is 0. The first kappa shape index (κ1) is 11.8. The molecule has 82 valence electrons. The van der Waals surface area contributed by atoms with Gasteiger partial charge in [-0.25, -0.2) is 0 Å². The average Bonchev–Trinajstić information content (AvgIpc) is 2.17. The fourth-order valence-electron chi connectivity index (χ4n) is 1.15. The molecule has 0 saturated heterocycles. The van der Waals surface area contributed by atoms with Gasteiger partial charge in [0.2, 0.25) is 5.78 Å². The number of benzene rings is 1. The van der Waals surface area contributed by atoms with Crippen molar-refractivity contribution in [1.29, 1.82) is 0 Å². The van der Waals surface area contributed by atoms with Crippen molar-refractivity contribution in [3.8, 4) is 0 Å². The number of halogens is 2. The van der Waals surface area contributed by atoms with Gasteiger partial charge in [0.25, 0.3) is 0 Å². The van der Waals surface area contributed by atoms with E-state index < -0.39 is 17.8 Å². The number of aliphatic hydroxyl groups is 1. The van der Waals surface area contributed by atoms with Crippen LogP contribution in [-0.2, 0) is 4.79 Å². The second kappa shape index (κ2) is 4.06. The van der Waals surface area contributed by atoms with E-state index in [9.17, 15) is 18.7 Å². The van der Waals surface area contributed by atoms with Crippen LogP contribution in [0.3, 0.4) is 0 Å². The number of carbonyl (C=O) groups excluding carboxylic acids is 1. The number of Topliss-reactive ketones (excluding diaryl/α,β-unsaturated/α-hetero) is 1. The maximum Gasteiger partial charge on any atom is 0.334 e. The maximum atomic E-state index is 13.1. The molecule has 2 nitrogen and oxygen atoms in total. The maximum absolute atomic E-state index is 13.1. The number of carbonyl (C=O) groups is 1. The molecule has 0 aliphatic carbocycles. The van der Waals surface area contributed by atoms with E-state index in [0.29, 0.717) is 0 Å². The van der Waals surface area contributed by atoms with E-state index in [2.05, 4.69) is 0 Å². The summed E-state index contributed by atoms with van der Waals surface area (Å²) in [6, 6.07) is 5.98. The van der Waals surface area contributed by atoms with Crippen LogP contribution in [0.25, 0.3) is 0 Å². The fourth-order valence-corrected chi connectivity index (χ4v) is 1.15. The summed E-state index contributed by atoms with van der Waals surface area (Å²) in [4.78, 5) is 10.6. The molecule has 0 saturated carbocycles. The third-order valence-corrected chi connectivity index (χ3v) is 2.21. The molecular weight excluding hydrogens is 202 g/mol. The summed E-state index contributed by atoms with van der Waals surface area (Å²) in [5.41, 5.74) is 0.942. The van der Waals surface area contributed by atoms with Gasteiger partial charge in [0, 0.05) is 6.92 Å². The van der Waals surface area contributed by atoms with Crippen molar-refractivity contribution in [3.05, 3.63) is 35.4 Å². The lowest BCUT2D eigenvalue weighted by molar-refractivity contribution is -0.159. The number of hydrogen-bond acceptors (Lipinski definition) is 2. The number of hydrogen-bond donors (Lipinski definition) is 1. The minimum absolute atomic E-state index is 0.0424. The first-order chi connectivity index (χ1) is 6.85. The van der Waals surface area contributed by atoms with Crippen LogP contribution in [0.2, 0.25) is 0 Å². The number of ketones is 1. The van der Waals surface area contributed by atoms with Gasteiger partial charge in [-0.15, -0.1) is 0 Å². The molecule has 1 aromatic carbocycles. The predicted molar refractivity (Wildman–Crippen MR) is 51.8 cm³/mol. The Morgan fingerprint density at radius 2 is 1.80 bits per heavy atom. The molecule has 1 aromatic rings. The molecule has 0 amide bonds. The number of rotatable bonds is 3. The fraction of sp³-hybridized carbons (Fsp3) is 0.364. The van der Waals surface area contributed by atoms with Crippen molar-refractivity contribution in [1.82, 2.24) is 0 Å². The van der Waals surface area contributed by atoms with Crippen LogP contribution < -0.4 is 0 Å². The molecule has 0 unspecified atom stereocenters. The lowest BCUT2D eigenvalue weighted by atomic mass is 10.00.